The van der Waals surface area contributed by atoms with E-state index < -0.39 is 35.0 Å². The van der Waals surface area contributed by atoms with Gasteiger partial charge in [-0.15, -0.1) is 0 Å². The number of aromatic nitrogens is 1. The van der Waals surface area contributed by atoms with E-state index in [0.717, 1.165) is 44.4 Å². The van der Waals surface area contributed by atoms with Crippen LogP contribution in [0.5, 0.6) is 5.75 Å². The topological polar surface area (TPSA) is 34.6 Å². The maximum absolute atomic E-state index is 15.4. The Hall–Kier alpha value is -2.22. The average molecular weight is 594 g/mol. The van der Waals surface area contributed by atoms with Gasteiger partial charge in [0, 0.05) is 11.5 Å². The van der Waals surface area contributed by atoms with Gasteiger partial charge in [0.2, 0.25) is 11.8 Å². The zero-order chi connectivity index (χ0) is 29.7. The Morgan fingerprint density at radius 2 is 1.57 bits per heavy atom. The quantitative estimate of drug-likeness (QED) is 0.0792. The van der Waals surface area contributed by atoms with Crippen molar-refractivity contribution < 1.29 is 31.4 Å². The van der Waals surface area contributed by atoms with Gasteiger partial charge in [0.05, 0.1) is 17.4 Å². The van der Waals surface area contributed by atoms with Crippen LogP contribution in [0.4, 0.5) is 22.0 Å². The number of hydrogen-bond acceptors (Lipinski definition) is 3. The highest BCUT2D eigenvalue weighted by atomic mass is 19.3. The first-order valence-electron chi connectivity index (χ1n) is 16.1. The molecule has 0 spiro atoms. The third-order valence-corrected chi connectivity index (χ3v) is 9.28. The average Bonchev–Trinajstić information content (AvgIpc) is 3.89. The summed E-state index contributed by atoms with van der Waals surface area (Å²) >= 11 is 0. The minimum Gasteiger partial charge on any atom is -0.488 e. The van der Waals surface area contributed by atoms with Crippen molar-refractivity contribution in [1.82, 2.24) is 4.98 Å². The van der Waals surface area contributed by atoms with E-state index in [4.69, 9.17) is 9.47 Å². The molecule has 3 atom stereocenters. The highest BCUT2D eigenvalue weighted by Gasteiger charge is 2.48. The van der Waals surface area contributed by atoms with Crippen molar-refractivity contribution in [2.45, 2.75) is 128 Å². The molecule has 3 aliphatic rings. The maximum Gasteiger partial charge on any atom is 0.280 e. The van der Waals surface area contributed by atoms with Crippen molar-refractivity contribution in [3.8, 4) is 17.0 Å². The molecule has 3 unspecified atom stereocenters. The lowest BCUT2D eigenvalue weighted by Crippen LogP contribution is -2.33. The molecule has 1 aromatic heterocycles. The molecular weight excluding hydrogens is 549 g/mol. The molecule has 5 rings (SSSR count). The Labute approximate surface area is 246 Å². The number of benzene rings is 1. The van der Waals surface area contributed by atoms with E-state index >= 15 is 17.6 Å². The van der Waals surface area contributed by atoms with E-state index in [0.29, 0.717) is 12.8 Å². The molecule has 2 heterocycles. The summed E-state index contributed by atoms with van der Waals surface area (Å²) in [6.07, 6.45) is 15.4. The van der Waals surface area contributed by atoms with Crippen LogP contribution >= 0.6 is 0 Å². The number of nitrogens with zero attached hydrogens (tertiary/aromatic N) is 1. The Balaban J connectivity index is 1.15. The van der Waals surface area contributed by atoms with Gasteiger partial charge in [-0.2, -0.15) is 8.78 Å². The maximum atomic E-state index is 15.4. The first-order valence-corrected chi connectivity index (χ1v) is 16.1. The predicted octanol–water partition coefficient (Wildman–Crippen LogP) is 10.1. The van der Waals surface area contributed by atoms with E-state index in [9.17, 15) is 4.39 Å². The molecule has 1 saturated carbocycles. The molecular formula is C34H44F5NO2. The van der Waals surface area contributed by atoms with Crippen LogP contribution in [0.3, 0.4) is 0 Å². The lowest BCUT2D eigenvalue weighted by Gasteiger charge is -2.33. The van der Waals surface area contributed by atoms with Crippen LogP contribution in [-0.4, -0.2) is 23.8 Å². The number of hydrogen-bond donors (Lipinski definition) is 0. The Bertz CT molecular complexity index is 1200. The lowest BCUT2D eigenvalue weighted by molar-refractivity contribution is -0.0824. The van der Waals surface area contributed by atoms with Crippen LogP contribution in [0.15, 0.2) is 18.2 Å². The molecule has 2 aromatic rings. The second-order valence-corrected chi connectivity index (χ2v) is 12.6. The molecule has 1 saturated heterocycles. The first-order chi connectivity index (χ1) is 20.3. The largest absolute Gasteiger partial charge is 0.488 e. The van der Waals surface area contributed by atoms with Gasteiger partial charge in [0.25, 0.3) is 5.92 Å². The molecule has 1 aromatic carbocycles. The Morgan fingerprint density at radius 3 is 2.29 bits per heavy atom. The van der Waals surface area contributed by atoms with Gasteiger partial charge < -0.3 is 9.47 Å². The molecule has 0 amide bonds. The van der Waals surface area contributed by atoms with E-state index in [-0.39, 0.29) is 54.2 Å². The SMILES string of the molecule is CCCCC1OC1COc1ccc(-c2cc3c(c(F)n2)C(F)(F)C(CCCCCCCCCC2CC2)CC3)c(F)c1F. The third-order valence-electron chi connectivity index (χ3n) is 9.28. The van der Waals surface area contributed by atoms with Gasteiger partial charge in [-0.25, -0.2) is 18.2 Å². The number of fused-ring (bicyclic) bond motifs is 1. The summed E-state index contributed by atoms with van der Waals surface area (Å²) in [6.45, 7) is 2.19. The summed E-state index contributed by atoms with van der Waals surface area (Å²) in [5.74, 6) is -7.38. The monoisotopic (exact) mass is 593 g/mol. The van der Waals surface area contributed by atoms with Crippen molar-refractivity contribution in [3.63, 3.8) is 0 Å². The summed E-state index contributed by atoms with van der Waals surface area (Å²) in [4.78, 5) is 3.69. The number of aryl methyl sites for hydroxylation is 1. The molecule has 0 radical (unpaired) electrons. The van der Waals surface area contributed by atoms with E-state index in [1.807, 2.05) is 0 Å². The Morgan fingerprint density at radius 1 is 0.857 bits per heavy atom. The molecule has 2 aliphatic carbocycles. The lowest BCUT2D eigenvalue weighted by atomic mass is 9.78. The van der Waals surface area contributed by atoms with Crippen LogP contribution in [-0.2, 0) is 17.1 Å². The summed E-state index contributed by atoms with van der Waals surface area (Å²) in [6, 6.07) is 3.79. The van der Waals surface area contributed by atoms with Crippen LogP contribution in [0.25, 0.3) is 11.3 Å². The molecule has 8 heteroatoms. The molecule has 42 heavy (non-hydrogen) atoms. The van der Waals surface area contributed by atoms with E-state index in [2.05, 4.69) is 11.9 Å². The highest BCUT2D eigenvalue weighted by molar-refractivity contribution is 5.63. The van der Waals surface area contributed by atoms with Gasteiger partial charge in [-0.3, -0.25) is 0 Å². The molecule has 2 fully saturated rings. The zero-order valence-electron chi connectivity index (χ0n) is 24.7. The molecule has 3 nitrogen and oxygen atoms in total. The number of halogens is 5. The van der Waals surface area contributed by atoms with Crippen molar-refractivity contribution in [2.75, 3.05) is 6.61 Å². The Kier molecular flexibility index (Phi) is 10.4. The third kappa shape index (κ3) is 7.64. The molecule has 0 N–H and O–H groups in total. The number of epoxide rings is 1. The summed E-state index contributed by atoms with van der Waals surface area (Å²) in [5, 5.41) is 0. The zero-order valence-corrected chi connectivity index (χ0v) is 24.7. The molecule has 232 valence electrons. The van der Waals surface area contributed by atoms with Crippen molar-refractivity contribution >= 4 is 0 Å². The fraction of sp³-hybridized carbons (Fsp3) is 0.676. The number of pyridine rings is 1. The van der Waals surface area contributed by atoms with Gasteiger partial charge in [-0.05, 0) is 55.4 Å². The van der Waals surface area contributed by atoms with Crippen LogP contribution in [0.2, 0.25) is 0 Å². The van der Waals surface area contributed by atoms with Crippen LogP contribution in [0, 0.1) is 29.4 Å². The molecule has 1 aliphatic heterocycles. The fourth-order valence-electron chi connectivity index (χ4n) is 6.40. The summed E-state index contributed by atoms with van der Waals surface area (Å²) in [7, 11) is 0. The second kappa shape index (κ2) is 14.0. The van der Waals surface area contributed by atoms with Gasteiger partial charge in [0.15, 0.2) is 11.6 Å². The van der Waals surface area contributed by atoms with Gasteiger partial charge in [0.1, 0.15) is 12.7 Å². The fourth-order valence-corrected chi connectivity index (χ4v) is 6.40. The van der Waals surface area contributed by atoms with Crippen molar-refractivity contribution in [2.24, 2.45) is 11.8 Å². The highest BCUT2D eigenvalue weighted by Crippen LogP contribution is 2.48. The standard InChI is InChI=1S/C34H44F5NO2/c1-2-3-13-27-29(42-27)21-41-28-19-18-25(31(35)32(28)36)26-20-23-16-17-24(34(38,39)30(23)33(37)40-26)12-10-8-6-4-5-7-9-11-22-14-15-22/h18-20,22,24,27,29H,2-17,21H2,1H3. The van der Waals surface area contributed by atoms with Gasteiger partial charge in [-0.1, -0.05) is 84.0 Å². The second-order valence-electron chi connectivity index (χ2n) is 12.6. The predicted molar refractivity (Wildman–Crippen MR) is 153 cm³/mol. The van der Waals surface area contributed by atoms with Crippen LogP contribution < -0.4 is 4.74 Å². The minimum absolute atomic E-state index is 0.0773. The number of unbranched alkanes of at least 4 members (excludes halogenated alkanes) is 7. The summed E-state index contributed by atoms with van der Waals surface area (Å²) < 4.78 is 86.8. The van der Waals surface area contributed by atoms with Crippen LogP contribution in [0.1, 0.15) is 114 Å². The minimum atomic E-state index is -3.35. The first kappa shape index (κ1) is 31.2. The van der Waals surface area contributed by atoms with E-state index in [1.165, 1.54) is 56.7 Å². The smallest absolute Gasteiger partial charge is 0.280 e. The summed E-state index contributed by atoms with van der Waals surface area (Å²) in [5.41, 5.74) is -1.08. The number of ether oxygens (including phenoxy) is 2. The van der Waals surface area contributed by atoms with Gasteiger partial charge >= 0.3 is 0 Å². The van der Waals surface area contributed by atoms with Crippen molar-refractivity contribution in [3.05, 3.63) is 46.9 Å². The normalized spacial score (nSPS) is 22.7. The number of alkyl halides is 2. The number of rotatable bonds is 17. The van der Waals surface area contributed by atoms with E-state index in [1.54, 1.807) is 0 Å². The molecule has 0 bridgehead atoms. The van der Waals surface area contributed by atoms with Crippen molar-refractivity contribution in [1.29, 1.82) is 0 Å².